The number of aromatic nitrogens is 2. The summed E-state index contributed by atoms with van der Waals surface area (Å²) in [6.45, 7) is 7.87. The molecule has 6 aliphatic rings. The quantitative estimate of drug-likeness (QED) is 0.266. The zero-order valence-electron chi connectivity index (χ0n) is 33.5. The molecule has 8 rings (SSSR count). The molecule has 1 saturated heterocycles. The van der Waals surface area contributed by atoms with Crippen LogP contribution in [0.1, 0.15) is 105 Å². The van der Waals surface area contributed by atoms with E-state index in [2.05, 4.69) is 16.7 Å². The SMILES string of the molecule is CCn1nc(O[C@@H]2C[C@H]3C(=O)C[C@]4(C(=O)NS(=O)(=O)C5(C)CC5)C[C@H]4/C=C\CC[C@@H](C)C[C@@H](C)[C@H](CC(=O)OC4C[C@@H]5C[C@@H]5C4)C(=O)N3C2)c2ccccc2c1=O. The van der Waals surface area contributed by atoms with Gasteiger partial charge in [-0.2, -0.15) is 0 Å². The van der Waals surface area contributed by atoms with Gasteiger partial charge in [0.15, 0.2) is 5.78 Å². The average molecular weight is 805 g/mol. The number of hydrogen-bond acceptors (Lipinski definition) is 10. The predicted octanol–water partition coefficient (Wildman–Crippen LogP) is 5.09. The van der Waals surface area contributed by atoms with Crippen LogP contribution in [0.2, 0.25) is 0 Å². The van der Waals surface area contributed by atoms with E-state index in [-0.39, 0.29) is 72.8 Å². The molecule has 2 amide bonds. The van der Waals surface area contributed by atoms with E-state index in [4.69, 9.17) is 9.47 Å². The number of hydrogen-bond donors (Lipinski definition) is 1. The second-order valence-electron chi connectivity index (χ2n) is 18.4. The summed E-state index contributed by atoms with van der Waals surface area (Å²) in [5.41, 5.74) is -1.54. The van der Waals surface area contributed by atoms with E-state index < -0.39 is 50.1 Å². The minimum absolute atomic E-state index is 0.0194. The van der Waals surface area contributed by atoms with Gasteiger partial charge in [-0.05, 0) is 113 Å². The Labute approximate surface area is 334 Å². The number of ketones is 1. The van der Waals surface area contributed by atoms with E-state index in [1.807, 2.05) is 26.0 Å². The maximum atomic E-state index is 15.0. The maximum Gasteiger partial charge on any atom is 0.306 e. The molecule has 0 bridgehead atoms. The van der Waals surface area contributed by atoms with Crippen molar-refractivity contribution in [2.75, 3.05) is 6.54 Å². The molecule has 1 unspecified atom stereocenters. The Morgan fingerprint density at radius 1 is 0.982 bits per heavy atom. The number of benzene rings is 1. The van der Waals surface area contributed by atoms with E-state index in [0.29, 0.717) is 54.8 Å². The fraction of sp³-hybridized carbons (Fsp3) is 0.674. The largest absolute Gasteiger partial charge is 0.471 e. The lowest BCUT2D eigenvalue weighted by Crippen LogP contribution is -2.48. The molecule has 2 aromatic rings. The molecule has 5 fully saturated rings. The lowest BCUT2D eigenvalue weighted by atomic mass is 9.82. The van der Waals surface area contributed by atoms with Gasteiger partial charge in [0, 0.05) is 19.4 Å². The third-order valence-electron chi connectivity index (χ3n) is 14.1. The Balaban J connectivity index is 1.12. The molecule has 14 heteroatoms. The Kier molecular flexibility index (Phi) is 10.4. The first-order valence-electron chi connectivity index (χ1n) is 21.0. The number of carbonyl (C=O) groups excluding carboxylic acids is 4. The lowest BCUT2D eigenvalue weighted by Gasteiger charge is -2.32. The van der Waals surface area contributed by atoms with Crippen molar-refractivity contribution in [2.45, 2.75) is 134 Å². The highest BCUT2D eigenvalue weighted by Gasteiger charge is 2.63. The molecule has 4 saturated carbocycles. The first kappa shape index (κ1) is 39.7. The van der Waals surface area contributed by atoms with Crippen LogP contribution >= 0.6 is 0 Å². The highest BCUT2D eigenvalue weighted by atomic mass is 32.2. The number of carbonyl (C=O) groups is 4. The topological polar surface area (TPSA) is 171 Å². The summed E-state index contributed by atoms with van der Waals surface area (Å²) >= 11 is 0. The van der Waals surface area contributed by atoms with Gasteiger partial charge in [-0.3, -0.25) is 28.7 Å². The van der Waals surface area contributed by atoms with Crippen molar-refractivity contribution in [1.82, 2.24) is 19.4 Å². The number of nitrogens with zero attached hydrogens (tertiary/aromatic N) is 3. The fourth-order valence-corrected chi connectivity index (χ4v) is 11.3. The van der Waals surface area contributed by atoms with E-state index >= 15 is 4.79 Å². The number of nitrogens with one attached hydrogen (secondary N) is 1. The Hall–Kier alpha value is -4.07. The van der Waals surface area contributed by atoms with E-state index in [0.717, 1.165) is 25.7 Å². The summed E-state index contributed by atoms with van der Waals surface area (Å²) in [5, 5.41) is 5.46. The first-order chi connectivity index (χ1) is 27.1. The monoisotopic (exact) mass is 804 g/mol. The summed E-state index contributed by atoms with van der Waals surface area (Å²) in [5.74, 6) is -1.44. The van der Waals surface area contributed by atoms with Crippen LogP contribution in [0.25, 0.3) is 10.8 Å². The molecule has 4 aliphatic carbocycles. The van der Waals surface area contributed by atoms with Crippen molar-refractivity contribution in [3.63, 3.8) is 0 Å². The van der Waals surface area contributed by atoms with Gasteiger partial charge in [-0.1, -0.05) is 38.1 Å². The second-order valence-corrected chi connectivity index (χ2v) is 20.6. The molecule has 10 atom stereocenters. The number of amides is 2. The number of ether oxygens (including phenoxy) is 2. The highest BCUT2D eigenvalue weighted by Crippen LogP contribution is 2.58. The second kappa shape index (κ2) is 14.9. The number of sulfonamides is 1. The normalized spacial score (nSPS) is 35.2. The van der Waals surface area contributed by atoms with Crippen LogP contribution < -0.4 is 15.0 Å². The third kappa shape index (κ3) is 7.79. The van der Waals surface area contributed by atoms with Gasteiger partial charge in [0.25, 0.3) is 5.56 Å². The molecule has 1 N–H and O–H groups in total. The lowest BCUT2D eigenvalue weighted by molar-refractivity contribution is -0.155. The van der Waals surface area contributed by atoms with Gasteiger partial charge in [-0.25, -0.2) is 13.1 Å². The van der Waals surface area contributed by atoms with Crippen LogP contribution in [-0.4, -0.2) is 76.2 Å². The van der Waals surface area contributed by atoms with Crippen molar-refractivity contribution < 1.29 is 37.1 Å². The van der Waals surface area contributed by atoms with Gasteiger partial charge >= 0.3 is 5.97 Å². The number of rotatable bonds is 9. The summed E-state index contributed by atoms with van der Waals surface area (Å²) in [6.07, 6.45) is 9.21. The average Bonchev–Trinajstić information content (AvgIpc) is 4.13. The summed E-state index contributed by atoms with van der Waals surface area (Å²) in [6, 6.07) is 6.00. The van der Waals surface area contributed by atoms with Crippen molar-refractivity contribution in [3.05, 3.63) is 46.8 Å². The minimum atomic E-state index is -3.96. The molecule has 1 aromatic carbocycles. The van der Waals surface area contributed by atoms with Crippen molar-refractivity contribution in [3.8, 4) is 5.88 Å². The van der Waals surface area contributed by atoms with Gasteiger partial charge in [0.1, 0.15) is 12.2 Å². The highest BCUT2D eigenvalue weighted by molar-refractivity contribution is 7.91. The van der Waals surface area contributed by atoms with Crippen molar-refractivity contribution in [2.24, 2.45) is 40.9 Å². The zero-order valence-corrected chi connectivity index (χ0v) is 34.3. The molecule has 308 valence electrons. The Morgan fingerprint density at radius 2 is 1.70 bits per heavy atom. The molecule has 1 aromatic heterocycles. The number of aryl methyl sites for hydroxylation is 1. The molecule has 13 nitrogen and oxygen atoms in total. The van der Waals surface area contributed by atoms with Crippen LogP contribution in [0.5, 0.6) is 5.88 Å². The van der Waals surface area contributed by atoms with E-state index in [1.54, 1.807) is 31.2 Å². The van der Waals surface area contributed by atoms with Gasteiger partial charge in [0.2, 0.25) is 27.7 Å². The maximum absolute atomic E-state index is 15.0. The summed E-state index contributed by atoms with van der Waals surface area (Å²) in [4.78, 5) is 72.0. The van der Waals surface area contributed by atoms with Crippen LogP contribution in [0.15, 0.2) is 41.2 Å². The number of esters is 1. The number of allylic oxidation sites excluding steroid dienone is 2. The molecule has 0 spiro atoms. The standard InChI is InChI=1S/C43H56N4O9S/c1-5-47-40(51)33-13-9-8-12-32(33)38(44-47)56-31-20-35-36(48)23-43(41(52)45-57(53,54)42(4)14-15-42)22-29(43)11-7-6-10-25(2)16-26(3)34(39(50)46(35)24-31)21-37(49)55-30-18-27-17-28(27)19-30/h7-9,11-13,25-31,34-35H,5-6,10,14-24H2,1-4H3,(H,45,52)/b11-7-/t25-,26-,27-,28+,29-,30?,31-,34+,35+,43-/m1/s1. The van der Waals surface area contributed by atoms with Crippen LogP contribution in [0.4, 0.5) is 0 Å². The fourth-order valence-electron chi connectivity index (χ4n) is 9.92. The van der Waals surface area contributed by atoms with Crippen LogP contribution in [0, 0.1) is 40.9 Å². The van der Waals surface area contributed by atoms with Crippen LogP contribution in [-0.2, 0) is 40.5 Å². The Bertz CT molecular complexity index is 2150. The smallest absolute Gasteiger partial charge is 0.306 e. The summed E-state index contributed by atoms with van der Waals surface area (Å²) in [7, 11) is -3.96. The molecule has 3 heterocycles. The van der Waals surface area contributed by atoms with E-state index in [9.17, 15) is 27.6 Å². The molecule has 57 heavy (non-hydrogen) atoms. The molecular weight excluding hydrogens is 749 g/mol. The molecule has 0 radical (unpaired) electrons. The van der Waals surface area contributed by atoms with Gasteiger partial charge in [-0.15, -0.1) is 5.10 Å². The van der Waals surface area contributed by atoms with Crippen molar-refractivity contribution in [1.29, 1.82) is 0 Å². The van der Waals surface area contributed by atoms with Gasteiger partial charge < -0.3 is 14.4 Å². The number of fused-ring (bicyclic) bond motifs is 4. The van der Waals surface area contributed by atoms with Crippen molar-refractivity contribution >= 4 is 44.4 Å². The zero-order chi connectivity index (χ0) is 40.4. The predicted molar refractivity (Wildman–Crippen MR) is 211 cm³/mol. The van der Waals surface area contributed by atoms with E-state index in [1.165, 1.54) is 16.0 Å². The third-order valence-corrected chi connectivity index (χ3v) is 16.3. The summed E-state index contributed by atoms with van der Waals surface area (Å²) < 4.78 is 41.7. The number of Topliss-reactive ketones (excluding diaryl/α,β-unsaturated/α-hetero) is 1. The minimum Gasteiger partial charge on any atom is -0.471 e. The molecule has 2 aliphatic heterocycles. The molecular formula is C43H56N4O9S. The van der Waals surface area contributed by atoms with Gasteiger partial charge in [0.05, 0.1) is 45.9 Å². The first-order valence-corrected chi connectivity index (χ1v) is 22.5. The Morgan fingerprint density at radius 3 is 2.40 bits per heavy atom. The van der Waals surface area contributed by atoms with Crippen LogP contribution in [0.3, 0.4) is 0 Å².